The Morgan fingerprint density at radius 2 is 2.12 bits per heavy atom. The number of methoxy groups -OCH3 is 1. The highest BCUT2D eigenvalue weighted by Crippen LogP contribution is 2.21. The Morgan fingerprint density at radius 1 is 1.38 bits per heavy atom. The van der Waals surface area contributed by atoms with Crippen LogP contribution in [0.25, 0.3) is 11.0 Å². The third-order valence-electron chi connectivity index (χ3n) is 3.48. The first-order chi connectivity index (χ1) is 11.6. The van der Waals surface area contributed by atoms with Crippen molar-refractivity contribution in [2.75, 3.05) is 7.11 Å². The first-order valence-electron chi connectivity index (χ1n) is 7.32. The van der Waals surface area contributed by atoms with E-state index in [1.807, 2.05) is 30.3 Å². The average molecular weight is 344 g/mol. The van der Waals surface area contributed by atoms with E-state index < -0.39 is 5.25 Å². The van der Waals surface area contributed by atoms with Crippen LogP contribution in [0.2, 0.25) is 0 Å². The highest BCUT2D eigenvalue weighted by molar-refractivity contribution is 8.00. The molecule has 0 spiro atoms. The number of carbonyl (C=O) groups excluding carboxylic acids is 1. The number of rotatable bonds is 5. The first-order valence-corrected chi connectivity index (χ1v) is 8.20. The summed E-state index contributed by atoms with van der Waals surface area (Å²) >= 11 is 1.14. The molecular weight excluding hydrogens is 328 g/mol. The fraction of sp³-hybridized carbons (Fsp3) is 0.250. The summed E-state index contributed by atoms with van der Waals surface area (Å²) in [6.45, 7) is 2.21. The molecule has 24 heavy (non-hydrogen) atoms. The van der Waals surface area contributed by atoms with E-state index in [0.717, 1.165) is 17.3 Å². The number of benzene rings is 1. The van der Waals surface area contributed by atoms with E-state index in [4.69, 9.17) is 4.74 Å². The Kier molecular flexibility index (Phi) is 4.66. The Morgan fingerprint density at radius 3 is 2.83 bits per heavy atom. The van der Waals surface area contributed by atoms with Crippen LogP contribution in [0.5, 0.6) is 0 Å². The number of fused-ring (bicyclic) bond motifs is 1. The van der Waals surface area contributed by atoms with Gasteiger partial charge in [-0.15, -0.1) is 0 Å². The normalized spacial score (nSPS) is 12.2. The van der Waals surface area contributed by atoms with Gasteiger partial charge in [-0.1, -0.05) is 42.1 Å². The number of hydrogen-bond donors (Lipinski definition) is 1. The summed E-state index contributed by atoms with van der Waals surface area (Å²) in [5, 5.41) is 4.56. The van der Waals surface area contributed by atoms with Crippen molar-refractivity contribution in [1.29, 1.82) is 0 Å². The molecule has 0 saturated heterocycles. The molecule has 3 rings (SSSR count). The topological polar surface area (TPSA) is 89.9 Å². The molecule has 0 amide bonds. The zero-order valence-corrected chi connectivity index (χ0v) is 14.0. The number of thioether (sulfide) groups is 1. The van der Waals surface area contributed by atoms with Crippen molar-refractivity contribution >= 4 is 28.8 Å². The van der Waals surface area contributed by atoms with Gasteiger partial charge in [0.25, 0.3) is 5.56 Å². The number of ether oxygens (including phenoxy) is 1. The second-order valence-corrected chi connectivity index (χ2v) is 6.51. The molecule has 0 fully saturated rings. The molecule has 2 heterocycles. The van der Waals surface area contributed by atoms with Gasteiger partial charge in [-0.05, 0) is 12.5 Å². The number of H-pyrrole nitrogens is 1. The SMILES string of the molecule is COC(=O)[C@H](C)Sc1nc2c(cnn2Cc2ccccc2)c(=O)[nH]1. The summed E-state index contributed by atoms with van der Waals surface area (Å²) < 4.78 is 6.37. The van der Waals surface area contributed by atoms with Crippen LogP contribution in [-0.2, 0) is 16.1 Å². The minimum absolute atomic E-state index is 0.279. The first kappa shape index (κ1) is 16.3. The van der Waals surface area contributed by atoms with E-state index in [1.165, 1.54) is 13.3 Å². The van der Waals surface area contributed by atoms with Gasteiger partial charge >= 0.3 is 5.97 Å². The summed E-state index contributed by atoms with van der Waals surface area (Å²) in [5.41, 5.74) is 1.27. The molecule has 0 radical (unpaired) electrons. The molecule has 8 heteroatoms. The number of nitrogens with one attached hydrogen (secondary N) is 1. The van der Waals surface area contributed by atoms with Crippen LogP contribution < -0.4 is 5.56 Å². The fourth-order valence-corrected chi connectivity index (χ4v) is 3.07. The predicted octanol–water partition coefficient (Wildman–Crippen LogP) is 1.82. The molecule has 0 bridgehead atoms. The van der Waals surface area contributed by atoms with Gasteiger partial charge in [0.15, 0.2) is 10.8 Å². The van der Waals surface area contributed by atoms with Gasteiger partial charge < -0.3 is 9.72 Å². The molecule has 1 aromatic carbocycles. The van der Waals surface area contributed by atoms with Crippen LogP contribution in [0.4, 0.5) is 0 Å². The second kappa shape index (κ2) is 6.88. The molecule has 0 saturated carbocycles. The van der Waals surface area contributed by atoms with Gasteiger partial charge in [0.05, 0.1) is 19.9 Å². The average Bonchev–Trinajstić information content (AvgIpc) is 2.98. The molecule has 0 aliphatic carbocycles. The standard InChI is InChI=1S/C16H16N4O3S/c1-10(15(22)23-2)24-16-18-13-12(14(21)19-16)8-17-20(13)9-11-6-4-3-5-7-11/h3-8,10H,9H2,1-2H3,(H,18,19,21)/t10-/m0/s1. The lowest BCUT2D eigenvalue weighted by Gasteiger charge is -2.08. The van der Waals surface area contributed by atoms with Crippen molar-refractivity contribution in [3.05, 3.63) is 52.4 Å². The van der Waals surface area contributed by atoms with Crippen LogP contribution in [-0.4, -0.2) is 38.1 Å². The maximum atomic E-state index is 12.2. The van der Waals surface area contributed by atoms with Gasteiger partial charge in [-0.25, -0.2) is 9.67 Å². The lowest BCUT2D eigenvalue weighted by atomic mass is 10.2. The molecule has 0 unspecified atom stereocenters. The number of nitrogens with zero attached hydrogens (tertiary/aromatic N) is 3. The van der Waals surface area contributed by atoms with Crippen LogP contribution in [0, 0.1) is 0 Å². The Bertz CT molecular complexity index is 920. The smallest absolute Gasteiger partial charge is 0.318 e. The summed E-state index contributed by atoms with van der Waals surface area (Å²) in [7, 11) is 1.33. The van der Waals surface area contributed by atoms with E-state index in [2.05, 4.69) is 15.1 Å². The molecule has 1 atom stereocenters. The fourth-order valence-electron chi connectivity index (χ4n) is 2.25. The Balaban J connectivity index is 1.95. The largest absolute Gasteiger partial charge is 0.468 e. The highest BCUT2D eigenvalue weighted by atomic mass is 32.2. The molecule has 124 valence electrons. The summed E-state index contributed by atoms with van der Waals surface area (Å²) in [4.78, 5) is 30.9. The number of hydrogen-bond acceptors (Lipinski definition) is 6. The molecule has 1 N–H and O–H groups in total. The third kappa shape index (κ3) is 3.33. The predicted molar refractivity (Wildman–Crippen MR) is 91.0 cm³/mol. The van der Waals surface area contributed by atoms with E-state index in [0.29, 0.717) is 22.7 Å². The van der Waals surface area contributed by atoms with Crippen molar-refractivity contribution in [1.82, 2.24) is 19.7 Å². The Labute approximate surface area is 142 Å². The molecular formula is C16H16N4O3S. The lowest BCUT2D eigenvalue weighted by molar-refractivity contribution is -0.139. The number of carbonyl (C=O) groups is 1. The molecule has 0 aliphatic heterocycles. The van der Waals surface area contributed by atoms with Gasteiger partial charge in [0, 0.05) is 0 Å². The van der Waals surface area contributed by atoms with Gasteiger partial charge in [0.2, 0.25) is 0 Å². The summed E-state index contributed by atoms with van der Waals surface area (Å²) in [6, 6.07) is 9.79. The number of esters is 1. The monoisotopic (exact) mass is 344 g/mol. The van der Waals surface area contributed by atoms with E-state index in [9.17, 15) is 9.59 Å². The van der Waals surface area contributed by atoms with Gasteiger partial charge in [0.1, 0.15) is 10.6 Å². The minimum atomic E-state index is -0.471. The zero-order valence-electron chi connectivity index (χ0n) is 13.2. The number of aromatic amines is 1. The van der Waals surface area contributed by atoms with E-state index in [-0.39, 0.29) is 11.5 Å². The zero-order chi connectivity index (χ0) is 17.1. The molecule has 3 aromatic rings. The van der Waals surface area contributed by atoms with Gasteiger partial charge in [-0.3, -0.25) is 9.59 Å². The Hall–Kier alpha value is -2.61. The van der Waals surface area contributed by atoms with Crippen molar-refractivity contribution in [2.24, 2.45) is 0 Å². The van der Waals surface area contributed by atoms with Crippen molar-refractivity contribution in [2.45, 2.75) is 23.9 Å². The van der Waals surface area contributed by atoms with Crippen molar-refractivity contribution < 1.29 is 9.53 Å². The van der Waals surface area contributed by atoms with E-state index >= 15 is 0 Å². The van der Waals surface area contributed by atoms with Gasteiger partial charge in [-0.2, -0.15) is 5.10 Å². The maximum Gasteiger partial charge on any atom is 0.318 e. The van der Waals surface area contributed by atoms with Crippen molar-refractivity contribution in [3.8, 4) is 0 Å². The molecule has 7 nitrogen and oxygen atoms in total. The van der Waals surface area contributed by atoms with Crippen LogP contribution >= 0.6 is 11.8 Å². The van der Waals surface area contributed by atoms with Crippen molar-refractivity contribution in [3.63, 3.8) is 0 Å². The highest BCUT2D eigenvalue weighted by Gasteiger charge is 2.18. The molecule has 2 aromatic heterocycles. The summed E-state index contributed by atoms with van der Waals surface area (Å²) in [6.07, 6.45) is 1.50. The summed E-state index contributed by atoms with van der Waals surface area (Å²) in [5.74, 6) is -0.375. The van der Waals surface area contributed by atoms with Crippen LogP contribution in [0.1, 0.15) is 12.5 Å². The van der Waals surface area contributed by atoms with E-state index in [1.54, 1.807) is 11.6 Å². The number of aromatic nitrogens is 4. The third-order valence-corrected chi connectivity index (χ3v) is 4.44. The van der Waals surface area contributed by atoms with Crippen LogP contribution in [0.15, 0.2) is 46.5 Å². The maximum absolute atomic E-state index is 12.2. The van der Waals surface area contributed by atoms with Crippen LogP contribution in [0.3, 0.4) is 0 Å². The molecule has 0 aliphatic rings. The lowest BCUT2D eigenvalue weighted by Crippen LogP contribution is -2.17. The second-order valence-electron chi connectivity index (χ2n) is 5.18. The minimum Gasteiger partial charge on any atom is -0.468 e. The quantitative estimate of drug-likeness (QED) is 0.431.